The third kappa shape index (κ3) is 1.78. The van der Waals surface area contributed by atoms with Crippen molar-refractivity contribution in [2.24, 2.45) is 0 Å². The van der Waals surface area contributed by atoms with E-state index < -0.39 is 0 Å². The standard InChI is InChI=1S/C19H17N/c1-2-7-14(8-3-1)18-13-15-9-4-5-10-16(15)19-17(18)11-6-12-20-19/h1-5,7-10,13,20H,6,11-12H2. The molecule has 1 heteroatoms. The quantitative estimate of drug-likeness (QED) is 0.657. The first-order valence-corrected chi connectivity index (χ1v) is 7.27. The molecule has 0 aliphatic carbocycles. The van der Waals surface area contributed by atoms with Gasteiger partial charge >= 0.3 is 0 Å². The first-order chi connectivity index (χ1) is 9.93. The van der Waals surface area contributed by atoms with Gasteiger partial charge in [-0.25, -0.2) is 0 Å². The highest BCUT2D eigenvalue weighted by molar-refractivity contribution is 6.00. The van der Waals surface area contributed by atoms with Crippen LogP contribution in [-0.2, 0) is 6.42 Å². The van der Waals surface area contributed by atoms with Crippen LogP contribution < -0.4 is 5.32 Å². The van der Waals surface area contributed by atoms with Gasteiger partial charge in [0.15, 0.2) is 0 Å². The van der Waals surface area contributed by atoms with E-state index in [2.05, 4.69) is 66.0 Å². The van der Waals surface area contributed by atoms with E-state index in [4.69, 9.17) is 0 Å². The zero-order valence-electron chi connectivity index (χ0n) is 11.4. The lowest BCUT2D eigenvalue weighted by atomic mass is 9.89. The second kappa shape index (κ2) is 4.68. The molecule has 0 saturated carbocycles. The van der Waals surface area contributed by atoms with Crippen LogP contribution in [0.25, 0.3) is 21.9 Å². The van der Waals surface area contributed by atoms with Crippen molar-refractivity contribution in [1.82, 2.24) is 0 Å². The molecule has 0 amide bonds. The molecule has 98 valence electrons. The highest BCUT2D eigenvalue weighted by Crippen LogP contribution is 2.38. The predicted octanol–water partition coefficient (Wildman–Crippen LogP) is 4.86. The van der Waals surface area contributed by atoms with Gasteiger partial charge in [-0.1, -0.05) is 54.6 Å². The SMILES string of the molecule is c1ccc(-c2cc3ccccc3c3c2CCCN3)cc1. The van der Waals surface area contributed by atoms with Gasteiger partial charge < -0.3 is 5.32 Å². The molecule has 0 bridgehead atoms. The molecule has 1 nitrogen and oxygen atoms in total. The van der Waals surface area contributed by atoms with E-state index in [9.17, 15) is 0 Å². The summed E-state index contributed by atoms with van der Waals surface area (Å²) in [6.45, 7) is 1.08. The van der Waals surface area contributed by atoms with E-state index in [0.717, 1.165) is 13.0 Å². The molecular formula is C19H17N. The Balaban J connectivity index is 2.06. The van der Waals surface area contributed by atoms with Gasteiger partial charge in [0.05, 0.1) is 0 Å². The van der Waals surface area contributed by atoms with Crippen LogP contribution in [0, 0.1) is 0 Å². The van der Waals surface area contributed by atoms with Gasteiger partial charge in [-0.05, 0) is 41.0 Å². The van der Waals surface area contributed by atoms with E-state index >= 15 is 0 Å². The smallest absolute Gasteiger partial charge is 0.0458 e. The molecule has 0 saturated heterocycles. The lowest BCUT2D eigenvalue weighted by Gasteiger charge is -2.23. The minimum absolute atomic E-state index is 1.08. The third-order valence-corrected chi connectivity index (χ3v) is 4.15. The van der Waals surface area contributed by atoms with Crippen LogP contribution in [0.4, 0.5) is 5.69 Å². The Hall–Kier alpha value is -2.28. The Kier molecular flexibility index (Phi) is 2.70. The van der Waals surface area contributed by atoms with E-state index in [1.54, 1.807) is 0 Å². The van der Waals surface area contributed by atoms with Crippen LogP contribution in [0.15, 0.2) is 60.7 Å². The summed E-state index contributed by atoms with van der Waals surface area (Å²) in [5.41, 5.74) is 5.51. The molecule has 1 aliphatic rings. The summed E-state index contributed by atoms with van der Waals surface area (Å²) in [4.78, 5) is 0. The van der Waals surface area contributed by atoms with Crippen molar-refractivity contribution in [1.29, 1.82) is 0 Å². The lowest BCUT2D eigenvalue weighted by molar-refractivity contribution is 0.835. The Bertz CT molecular complexity index is 759. The van der Waals surface area contributed by atoms with Crippen molar-refractivity contribution in [2.75, 3.05) is 11.9 Å². The number of anilines is 1. The summed E-state index contributed by atoms with van der Waals surface area (Å²) < 4.78 is 0. The monoisotopic (exact) mass is 259 g/mol. The lowest BCUT2D eigenvalue weighted by Crippen LogP contribution is -2.13. The highest BCUT2D eigenvalue weighted by Gasteiger charge is 2.17. The summed E-state index contributed by atoms with van der Waals surface area (Å²) in [5, 5.41) is 6.28. The fourth-order valence-electron chi connectivity index (χ4n) is 3.21. The number of fused-ring (bicyclic) bond motifs is 3. The Morgan fingerprint density at radius 3 is 2.55 bits per heavy atom. The van der Waals surface area contributed by atoms with Crippen LogP contribution in [-0.4, -0.2) is 6.54 Å². The second-order valence-corrected chi connectivity index (χ2v) is 5.40. The zero-order valence-corrected chi connectivity index (χ0v) is 11.4. The van der Waals surface area contributed by atoms with Crippen molar-refractivity contribution in [3.05, 3.63) is 66.2 Å². The van der Waals surface area contributed by atoms with Crippen LogP contribution in [0.3, 0.4) is 0 Å². The van der Waals surface area contributed by atoms with E-state index in [1.807, 2.05) is 0 Å². The van der Waals surface area contributed by atoms with Crippen molar-refractivity contribution in [2.45, 2.75) is 12.8 Å². The fraction of sp³-hybridized carbons (Fsp3) is 0.158. The molecule has 0 fully saturated rings. The Labute approximate surface area is 119 Å². The molecule has 0 unspecified atom stereocenters. The zero-order chi connectivity index (χ0) is 13.4. The van der Waals surface area contributed by atoms with Gasteiger partial charge in [0.1, 0.15) is 0 Å². The summed E-state index contributed by atoms with van der Waals surface area (Å²) in [6, 6.07) is 21.7. The van der Waals surface area contributed by atoms with Crippen molar-refractivity contribution >= 4 is 16.5 Å². The molecule has 20 heavy (non-hydrogen) atoms. The molecule has 1 heterocycles. The predicted molar refractivity (Wildman–Crippen MR) is 86.2 cm³/mol. The van der Waals surface area contributed by atoms with Crippen molar-refractivity contribution < 1.29 is 0 Å². The maximum atomic E-state index is 3.62. The van der Waals surface area contributed by atoms with Crippen LogP contribution in [0.1, 0.15) is 12.0 Å². The first kappa shape index (κ1) is 11.5. The minimum Gasteiger partial charge on any atom is -0.384 e. The number of benzene rings is 3. The van der Waals surface area contributed by atoms with Gasteiger partial charge in [-0.2, -0.15) is 0 Å². The third-order valence-electron chi connectivity index (χ3n) is 4.15. The summed E-state index contributed by atoms with van der Waals surface area (Å²) in [7, 11) is 0. The number of hydrogen-bond acceptors (Lipinski definition) is 1. The maximum Gasteiger partial charge on any atom is 0.0458 e. The molecule has 4 rings (SSSR count). The Morgan fingerprint density at radius 2 is 1.65 bits per heavy atom. The fourth-order valence-corrected chi connectivity index (χ4v) is 3.21. The largest absolute Gasteiger partial charge is 0.384 e. The van der Waals surface area contributed by atoms with E-state index in [-0.39, 0.29) is 0 Å². The molecule has 0 spiro atoms. The number of hydrogen-bond donors (Lipinski definition) is 1. The topological polar surface area (TPSA) is 12.0 Å². The summed E-state index contributed by atoms with van der Waals surface area (Å²) in [6.07, 6.45) is 2.38. The average Bonchev–Trinajstić information content (AvgIpc) is 2.55. The van der Waals surface area contributed by atoms with Gasteiger partial charge in [0, 0.05) is 17.6 Å². The van der Waals surface area contributed by atoms with Crippen molar-refractivity contribution in [3.8, 4) is 11.1 Å². The molecule has 1 aliphatic heterocycles. The van der Waals surface area contributed by atoms with Gasteiger partial charge in [0.2, 0.25) is 0 Å². The van der Waals surface area contributed by atoms with Gasteiger partial charge in [-0.3, -0.25) is 0 Å². The molecule has 0 aromatic heterocycles. The van der Waals surface area contributed by atoms with Gasteiger partial charge in [-0.15, -0.1) is 0 Å². The summed E-state index contributed by atoms with van der Waals surface area (Å²) in [5.74, 6) is 0. The van der Waals surface area contributed by atoms with E-state index in [1.165, 1.54) is 39.6 Å². The molecule has 0 radical (unpaired) electrons. The molecule has 3 aromatic carbocycles. The number of nitrogens with one attached hydrogen (secondary N) is 1. The first-order valence-electron chi connectivity index (χ1n) is 7.27. The second-order valence-electron chi connectivity index (χ2n) is 5.40. The van der Waals surface area contributed by atoms with E-state index in [0.29, 0.717) is 0 Å². The Morgan fingerprint density at radius 1 is 0.850 bits per heavy atom. The summed E-state index contributed by atoms with van der Waals surface area (Å²) >= 11 is 0. The highest BCUT2D eigenvalue weighted by atomic mass is 14.9. The van der Waals surface area contributed by atoms with Crippen molar-refractivity contribution in [3.63, 3.8) is 0 Å². The maximum absolute atomic E-state index is 3.62. The van der Waals surface area contributed by atoms with Gasteiger partial charge in [0.25, 0.3) is 0 Å². The van der Waals surface area contributed by atoms with Crippen LogP contribution >= 0.6 is 0 Å². The average molecular weight is 259 g/mol. The molecular weight excluding hydrogens is 242 g/mol. The van der Waals surface area contributed by atoms with Crippen LogP contribution in [0.2, 0.25) is 0 Å². The molecule has 1 N–H and O–H groups in total. The molecule has 3 aromatic rings. The molecule has 0 atom stereocenters. The number of rotatable bonds is 1. The minimum atomic E-state index is 1.08. The normalized spacial score (nSPS) is 13.8. The van der Waals surface area contributed by atoms with Crippen LogP contribution in [0.5, 0.6) is 0 Å².